The Balaban J connectivity index is 1.72. The van der Waals surface area contributed by atoms with Crippen molar-refractivity contribution in [3.63, 3.8) is 0 Å². The Morgan fingerprint density at radius 1 is 1.30 bits per heavy atom. The van der Waals surface area contributed by atoms with E-state index in [-0.39, 0.29) is 11.8 Å². The van der Waals surface area contributed by atoms with E-state index in [1.807, 2.05) is 31.3 Å². The smallest absolute Gasteiger partial charge is 0.230 e. The summed E-state index contributed by atoms with van der Waals surface area (Å²) in [6.07, 6.45) is 4.36. The second kappa shape index (κ2) is 5.37. The fraction of sp³-hybridized carbons (Fsp3) is 0.250. The van der Waals surface area contributed by atoms with E-state index < -0.39 is 0 Å². The monoisotopic (exact) mass is 330 g/mol. The van der Waals surface area contributed by atoms with Gasteiger partial charge < -0.3 is 4.90 Å². The lowest BCUT2D eigenvalue weighted by Gasteiger charge is -2.17. The third-order valence-electron chi connectivity index (χ3n) is 3.74. The lowest BCUT2D eigenvalue weighted by Crippen LogP contribution is -2.28. The van der Waals surface area contributed by atoms with Crippen LogP contribution in [0.4, 0.5) is 5.69 Å². The maximum absolute atomic E-state index is 12.5. The van der Waals surface area contributed by atoms with Gasteiger partial charge in [-0.2, -0.15) is 0 Å². The van der Waals surface area contributed by atoms with Gasteiger partial charge in [0.1, 0.15) is 0 Å². The number of anilines is 1. The molecule has 4 heteroatoms. The molecule has 20 heavy (non-hydrogen) atoms. The average Bonchev–Trinajstić information content (AvgIpc) is 3.27. The number of benzene rings is 1. The largest absolute Gasteiger partial charge is 0.314 e. The highest BCUT2D eigenvalue weighted by atomic mass is 79.9. The maximum atomic E-state index is 12.5. The van der Waals surface area contributed by atoms with E-state index in [4.69, 9.17) is 0 Å². The molecule has 2 aromatic rings. The minimum Gasteiger partial charge on any atom is -0.314 e. The van der Waals surface area contributed by atoms with Crippen molar-refractivity contribution < 1.29 is 4.79 Å². The summed E-state index contributed by atoms with van der Waals surface area (Å²) < 4.78 is 0.880. The zero-order valence-corrected chi connectivity index (χ0v) is 12.7. The van der Waals surface area contributed by atoms with Gasteiger partial charge >= 0.3 is 0 Å². The average molecular weight is 331 g/mol. The molecule has 1 amide bonds. The second-order valence-electron chi connectivity index (χ2n) is 5.12. The van der Waals surface area contributed by atoms with Crippen LogP contribution < -0.4 is 4.90 Å². The zero-order chi connectivity index (χ0) is 14.1. The van der Waals surface area contributed by atoms with Gasteiger partial charge in [0.25, 0.3) is 0 Å². The van der Waals surface area contributed by atoms with Crippen LogP contribution in [-0.2, 0) is 4.79 Å². The summed E-state index contributed by atoms with van der Waals surface area (Å²) in [7, 11) is 1.81. The molecule has 0 aliphatic heterocycles. The number of pyridine rings is 1. The van der Waals surface area contributed by atoms with E-state index in [1.54, 1.807) is 17.3 Å². The summed E-state index contributed by atoms with van der Waals surface area (Å²) in [5, 5.41) is 0. The Morgan fingerprint density at radius 2 is 2.05 bits per heavy atom. The van der Waals surface area contributed by atoms with Crippen LogP contribution >= 0.6 is 15.9 Å². The van der Waals surface area contributed by atoms with E-state index in [0.29, 0.717) is 5.92 Å². The van der Waals surface area contributed by atoms with Crippen LogP contribution in [0.15, 0.2) is 53.3 Å². The van der Waals surface area contributed by atoms with Crippen LogP contribution in [0.3, 0.4) is 0 Å². The first kappa shape index (κ1) is 13.3. The predicted octanol–water partition coefficient (Wildman–Crippen LogP) is 3.61. The molecule has 2 unspecified atom stereocenters. The highest BCUT2D eigenvalue weighted by Crippen LogP contribution is 2.48. The highest BCUT2D eigenvalue weighted by Gasteiger charge is 2.45. The molecule has 3 nitrogen and oxygen atoms in total. The first-order valence-corrected chi connectivity index (χ1v) is 7.39. The van der Waals surface area contributed by atoms with Gasteiger partial charge in [-0.3, -0.25) is 9.78 Å². The third kappa shape index (κ3) is 2.61. The van der Waals surface area contributed by atoms with Crippen molar-refractivity contribution in [1.82, 2.24) is 4.98 Å². The quantitative estimate of drug-likeness (QED) is 0.861. The number of hydrogen-bond donors (Lipinski definition) is 0. The molecule has 2 atom stereocenters. The molecule has 1 fully saturated rings. The SMILES string of the molecule is CN(C(=O)C1CC1c1ccccc1)c1cncc(Br)c1. The van der Waals surface area contributed by atoms with Crippen LogP contribution in [0.25, 0.3) is 0 Å². The van der Waals surface area contributed by atoms with E-state index >= 15 is 0 Å². The fourth-order valence-corrected chi connectivity index (χ4v) is 2.85. The van der Waals surface area contributed by atoms with Gasteiger partial charge in [0.15, 0.2) is 0 Å². The number of amides is 1. The Morgan fingerprint density at radius 3 is 2.75 bits per heavy atom. The third-order valence-corrected chi connectivity index (χ3v) is 4.18. The first-order chi connectivity index (χ1) is 9.66. The summed E-state index contributed by atoms with van der Waals surface area (Å²) in [5.74, 6) is 0.631. The van der Waals surface area contributed by atoms with E-state index in [9.17, 15) is 4.79 Å². The summed E-state index contributed by atoms with van der Waals surface area (Å²) in [4.78, 5) is 18.3. The van der Waals surface area contributed by atoms with Crippen LogP contribution in [0.1, 0.15) is 17.9 Å². The van der Waals surface area contributed by atoms with Crippen LogP contribution in [0.5, 0.6) is 0 Å². The van der Waals surface area contributed by atoms with Gasteiger partial charge in [0.2, 0.25) is 5.91 Å². The number of hydrogen-bond acceptors (Lipinski definition) is 2. The van der Waals surface area contributed by atoms with Gasteiger partial charge in [-0.25, -0.2) is 0 Å². The van der Waals surface area contributed by atoms with E-state index in [2.05, 4.69) is 33.0 Å². The molecule has 0 N–H and O–H groups in total. The molecule has 1 heterocycles. The summed E-state index contributed by atoms with van der Waals surface area (Å²) in [6.45, 7) is 0. The molecule has 3 rings (SSSR count). The van der Waals surface area contributed by atoms with Gasteiger partial charge in [0.05, 0.1) is 11.9 Å². The van der Waals surface area contributed by atoms with Gasteiger partial charge in [-0.1, -0.05) is 30.3 Å². The van der Waals surface area contributed by atoms with Crippen molar-refractivity contribution >= 4 is 27.5 Å². The summed E-state index contributed by atoms with van der Waals surface area (Å²) in [6, 6.07) is 12.2. The molecule has 0 spiro atoms. The topological polar surface area (TPSA) is 33.2 Å². The lowest BCUT2D eigenvalue weighted by atomic mass is 10.1. The summed E-state index contributed by atoms with van der Waals surface area (Å²) >= 11 is 3.38. The van der Waals surface area contributed by atoms with Crippen molar-refractivity contribution in [1.29, 1.82) is 0 Å². The van der Waals surface area contributed by atoms with Crippen molar-refractivity contribution in [3.8, 4) is 0 Å². The second-order valence-corrected chi connectivity index (χ2v) is 6.03. The normalized spacial score (nSPS) is 20.5. The van der Waals surface area contributed by atoms with Crippen molar-refractivity contribution in [2.45, 2.75) is 12.3 Å². The molecular formula is C16H15BrN2O. The van der Waals surface area contributed by atoms with Crippen molar-refractivity contribution in [3.05, 3.63) is 58.8 Å². The van der Waals surface area contributed by atoms with Gasteiger partial charge in [-0.05, 0) is 39.9 Å². The standard InChI is InChI=1S/C16H15BrN2O/c1-19(13-7-12(17)9-18-10-13)16(20)15-8-14(15)11-5-3-2-4-6-11/h2-7,9-10,14-15H,8H2,1H3. The zero-order valence-electron chi connectivity index (χ0n) is 11.2. The predicted molar refractivity (Wildman–Crippen MR) is 82.6 cm³/mol. The Kier molecular flexibility index (Phi) is 3.57. The molecule has 1 aromatic carbocycles. The number of aromatic nitrogens is 1. The van der Waals surface area contributed by atoms with Crippen molar-refractivity contribution in [2.75, 3.05) is 11.9 Å². The Bertz CT molecular complexity index is 629. The molecule has 1 aliphatic carbocycles. The van der Waals surface area contributed by atoms with Crippen LogP contribution in [-0.4, -0.2) is 17.9 Å². The first-order valence-electron chi connectivity index (χ1n) is 6.60. The number of carbonyl (C=O) groups excluding carboxylic acids is 1. The molecule has 1 aromatic heterocycles. The number of carbonyl (C=O) groups is 1. The lowest BCUT2D eigenvalue weighted by molar-refractivity contribution is -0.119. The van der Waals surface area contributed by atoms with E-state index in [1.165, 1.54) is 5.56 Å². The highest BCUT2D eigenvalue weighted by molar-refractivity contribution is 9.10. The van der Waals surface area contributed by atoms with Crippen molar-refractivity contribution in [2.24, 2.45) is 5.92 Å². The number of halogens is 1. The summed E-state index contributed by atoms with van der Waals surface area (Å²) in [5.41, 5.74) is 2.08. The van der Waals surface area contributed by atoms with E-state index in [0.717, 1.165) is 16.6 Å². The molecule has 1 aliphatic rings. The Labute approximate surface area is 126 Å². The van der Waals surface area contributed by atoms with Gasteiger partial charge in [0, 0.05) is 23.6 Å². The molecular weight excluding hydrogens is 316 g/mol. The molecule has 0 bridgehead atoms. The molecule has 1 saturated carbocycles. The fourth-order valence-electron chi connectivity index (χ4n) is 2.50. The molecule has 0 saturated heterocycles. The minimum atomic E-state index is 0.0985. The van der Waals surface area contributed by atoms with Crippen LogP contribution in [0.2, 0.25) is 0 Å². The number of nitrogens with zero attached hydrogens (tertiary/aromatic N) is 2. The molecule has 0 radical (unpaired) electrons. The number of rotatable bonds is 3. The van der Waals surface area contributed by atoms with Gasteiger partial charge in [-0.15, -0.1) is 0 Å². The minimum absolute atomic E-state index is 0.0985. The Hall–Kier alpha value is -1.68. The van der Waals surface area contributed by atoms with Crippen LogP contribution in [0, 0.1) is 5.92 Å². The molecule has 102 valence electrons. The maximum Gasteiger partial charge on any atom is 0.230 e.